The zero-order valence-electron chi connectivity index (χ0n) is 14.8. The number of nitrogens with zero attached hydrogens (tertiary/aromatic N) is 4. The number of carbonyl (C=O) groups excluding carboxylic acids is 1. The summed E-state index contributed by atoms with van der Waals surface area (Å²) in [5.74, 6) is 0.618. The molecule has 1 aliphatic heterocycles. The van der Waals surface area contributed by atoms with Crippen LogP contribution >= 0.6 is 0 Å². The van der Waals surface area contributed by atoms with Crippen LogP contribution in [0.15, 0.2) is 53.1 Å². The molecular weight excluding hydrogens is 358 g/mol. The van der Waals surface area contributed by atoms with Gasteiger partial charge >= 0.3 is 0 Å². The zero-order valence-corrected chi connectivity index (χ0v) is 14.8. The van der Waals surface area contributed by atoms with Gasteiger partial charge in [0.1, 0.15) is 11.9 Å². The van der Waals surface area contributed by atoms with E-state index in [0.717, 1.165) is 18.5 Å². The van der Waals surface area contributed by atoms with Gasteiger partial charge in [-0.15, -0.1) is 5.10 Å². The maximum Gasteiger partial charge on any atom is 0.271 e. The van der Waals surface area contributed by atoms with E-state index >= 15 is 0 Å². The Kier molecular flexibility index (Phi) is 3.80. The quantitative estimate of drug-likeness (QED) is 0.496. The van der Waals surface area contributed by atoms with Crippen LogP contribution in [-0.4, -0.2) is 32.0 Å². The molecule has 140 valence electrons. The Morgan fingerprint density at radius 2 is 2.14 bits per heavy atom. The second-order valence-electron chi connectivity index (χ2n) is 6.49. The van der Waals surface area contributed by atoms with E-state index in [0.29, 0.717) is 17.2 Å². The molecule has 9 heteroatoms. The highest BCUT2D eigenvalue weighted by Crippen LogP contribution is 2.22. The molecule has 0 spiro atoms. The van der Waals surface area contributed by atoms with Gasteiger partial charge in [0, 0.05) is 12.6 Å². The summed E-state index contributed by atoms with van der Waals surface area (Å²) in [4.78, 5) is 21.4. The SMILES string of the molecule is Nc1nc(C(=O)NC2NCCc3ccccc32)cc2nc(-c3ccco3)nn12. The van der Waals surface area contributed by atoms with E-state index in [2.05, 4.69) is 31.8 Å². The monoisotopic (exact) mass is 375 g/mol. The van der Waals surface area contributed by atoms with Crippen LogP contribution in [0.2, 0.25) is 0 Å². The van der Waals surface area contributed by atoms with E-state index in [1.165, 1.54) is 16.3 Å². The number of nitrogens with one attached hydrogen (secondary N) is 2. The minimum Gasteiger partial charge on any atom is -0.461 e. The molecule has 5 rings (SSSR count). The molecule has 9 nitrogen and oxygen atoms in total. The number of furan rings is 1. The molecule has 3 aromatic heterocycles. The lowest BCUT2D eigenvalue weighted by atomic mass is 9.98. The summed E-state index contributed by atoms with van der Waals surface area (Å²) in [5.41, 5.74) is 8.86. The molecule has 1 aromatic carbocycles. The Labute approximate surface area is 159 Å². The summed E-state index contributed by atoms with van der Waals surface area (Å²) in [6.07, 6.45) is 2.18. The third-order valence-corrected chi connectivity index (χ3v) is 4.71. The van der Waals surface area contributed by atoms with Crippen molar-refractivity contribution in [2.75, 3.05) is 12.3 Å². The molecule has 0 saturated carbocycles. The molecular formula is C19H17N7O2. The van der Waals surface area contributed by atoms with Gasteiger partial charge in [-0.2, -0.15) is 4.52 Å². The third-order valence-electron chi connectivity index (χ3n) is 4.71. The lowest BCUT2D eigenvalue weighted by molar-refractivity contribution is 0.0922. The van der Waals surface area contributed by atoms with Crippen LogP contribution in [-0.2, 0) is 6.42 Å². The van der Waals surface area contributed by atoms with Gasteiger partial charge < -0.3 is 15.5 Å². The van der Waals surface area contributed by atoms with Gasteiger partial charge in [0.25, 0.3) is 5.91 Å². The smallest absolute Gasteiger partial charge is 0.271 e. The fourth-order valence-electron chi connectivity index (χ4n) is 3.38. The fraction of sp³-hybridized carbons (Fsp3) is 0.158. The number of amides is 1. The van der Waals surface area contributed by atoms with Crippen molar-refractivity contribution in [3.05, 3.63) is 65.5 Å². The second-order valence-corrected chi connectivity index (χ2v) is 6.49. The van der Waals surface area contributed by atoms with E-state index in [4.69, 9.17) is 10.2 Å². The summed E-state index contributed by atoms with van der Waals surface area (Å²) in [7, 11) is 0. The zero-order chi connectivity index (χ0) is 19.1. The van der Waals surface area contributed by atoms with Crippen LogP contribution in [0, 0.1) is 0 Å². The Hall–Kier alpha value is -3.72. The Morgan fingerprint density at radius 3 is 3.00 bits per heavy atom. The number of anilines is 1. The van der Waals surface area contributed by atoms with E-state index in [1.807, 2.05) is 18.2 Å². The summed E-state index contributed by atoms with van der Waals surface area (Å²) in [5, 5.41) is 10.6. The number of carbonyl (C=O) groups is 1. The molecule has 4 heterocycles. The first-order chi connectivity index (χ1) is 13.7. The first-order valence-corrected chi connectivity index (χ1v) is 8.88. The van der Waals surface area contributed by atoms with Gasteiger partial charge in [0.05, 0.1) is 6.26 Å². The van der Waals surface area contributed by atoms with Crippen molar-refractivity contribution in [2.45, 2.75) is 12.6 Å². The fourth-order valence-corrected chi connectivity index (χ4v) is 3.38. The number of hydrogen-bond donors (Lipinski definition) is 3. The van der Waals surface area contributed by atoms with Gasteiger partial charge in [-0.05, 0) is 29.7 Å². The van der Waals surface area contributed by atoms with Crippen molar-refractivity contribution in [1.29, 1.82) is 0 Å². The average Bonchev–Trinajstić information content (AvgIpc) is 3.38. The van der Waals surface area contributed by atoms with Crippen molar-refractivity contribution in [3.8, 4) is 11.6 Å². The minimum atomic E-state index is -0.342. The van der Waals surface area contributed by atoms with Crippen LogP contribution in [0.1, 0.15) is 27.8 Å². The molecule has 0 saturated heterocycles. The average molecular weight is 375 g/mol. The normalized spacial score (nSPS) is 16.1. The lowest BCUT2D eigenvalue weighted by Crippen LogP contribution is -2.42. The largest absolute Gasteiger partial charge is 0.461 e. The minimum absolute atomic E-state index is 0.0740. The number of benzene rings is 1. The predicted octanol–water partition coefficient (Wildman–Crippen LogP) is 1.54. The van der Waals surface area contributed by atoms with E-state index < -0.39 is 0 Å². The molecule has 0 fully saturated rings. The van der Waals surface area contributed by atoms with Crippen molar-refractivity contribution in [2.24, 2.45) is 0 Å². The van der Waals surface area contributed by atoms with Crippen LogP contribution < -0.4 is 16.4 Å². The van der Waals surface area contributed by atoms with Crippen molar-refractivity contribution in [1.82, 2.24) is 30.2 Å². The highest BCUT2D eigenvalue weighted by Gasteiger charge is 2.23. The number of rotatable bonds is 3. The first kappa shape index (κ1) is 16.5. The molecule has 4 N–H and O–H groups in total. The molecule has 4 aromatic rings. The van der Waals surface area contributed by atoms with Gasteiger partial charge in [0.2, 0.25) is 11.8 Å². The number of nitrogens with two attached hydrogens (primary N) is 1. The summed E-state index contributed by atoms with van der Waals surface area (Å²) in [6.45, 7) is 0.785. The summed E-state index contributed by atoms with van der Waals surface area (Å²) < 4.78 is 6.69. The standard InChI is InChI=1S/C19H17N7O2/c20-19-22-13(10-15-23-17(25-26(15)19)14-6-3-9-28-14)18(27)24-16-12-5-2-1-4-11(12)7-8-21-16/h1-6,9-10,16,21H,7-8H2,(H2,20,22)(H,24,27). The highest BCUT2D eigenvalue weighted by atomic mass is 16.3. The maximum atomic E-state index is 12.8. The molecule has 1 atom stereocenters. The number of fused-ring (bicyclic) bond motifs is 2. The highest BCUT2D eigenvalue weighted by molar-refractivity contribution is 5.93. The van der Waals surface area contributed by atoms with Crippen LogP contribution in [0.25, 0.3) is 17.2 Å². The van der Waals surface area contributed by atoms with Crippen LogP contribution in [0.3, 0.4) is 0 Å². The van der Waals surface area contributed by atoms with E-state index in [1.54, 1.807) is 18.2 Å². The Balaban J connectivity index is 1.45. The number of nitrogen functional groups attached to an aromatic ring is 1. The maximum absolute atomic E-state index is 12.8. The van der Waals surface area contributed by atoms with Gasteiger partial charge in [-0.1, -0.05) is 24.3 Å². The summed E-state index contributed by atoms with van der Waals surface area (Å²) in [6, 6.07) is 13.1. The van der Waals surface area contributed by atoms with Gasteiger partial charge in [-0.3, -0.25) is 10.1 Å². The molecule has 0 bridgehead atoms. The van der Waals surface area contributed by atoms with Gasteiger partial charge in [0.15, 0.2) is 11.4 Å². The van der Waals surface area contributed by atoms with Crippen molar-refractivity contribution in [3.63, 3.8) is 0 Å². The van der Waals surface area contributed by atoms with Crippen LogP contribution in [0.5, 0.6) is 0 Å². The molecule has 0 radical (unpaired) electrons. The number of hydrogen-bond acceptors (Lipinski definition) is 7. The second kappa shape index (κ2) is 6.46. The number of aromatic nitrogens is 4. The van der Waals surface area contributed by atoms with E-state index in [9.17, 15) is 4.79 Å². The molecule has 1 amide bonds. The Morgan fingerprint density at radius 1 is 1.25 bits per heavy atom. The topological polar surface area (TPSA) is 123 Å². The predicted molar refractivity (Wildman–Crippen MR) is 101 cm³/mol. The van der Waals surface area contributed by atoms with E-state index in [-0.39, 0.29) is 23.7 Å². The molecule has 0 aliphatic carbocycles. The van der Waals surface area contributed by atoms with Crippen molar-refractivity contribution >= 4 is 17.5 Å². The van der Waals surface area contributed by atoms with Crippen molar-refractivity contribution < 1.29 is 9.21 Å². The van der Waals surface area contributed by atoms with Gasteiger partial charge in [-0.25, -0.2) is 9.97 Å². The lowest BCUT2D eigenvalue weighted by Gasteiger charge is -2.27. The summed E-state index contributed by atoms with van der Waals surface area (Å²) >= 11 is 0. The third kappa shape index (κ3) is 2.78. The van der Waals surface area contributed by atoms with Crippen LogP contribution in [0.4, 0.5) is 5.95 Å². The molecule has 1 unspecified atom stereocenters. The Bertz CT molecular complexity index is 1170. The molecule has 28 heavy (non-hydrogen) atoms. The first-order valence-electron chi connectivity index (χ1n) is 8.88. The molecule has 1 aliphatic rings.